The first-order chi connectivity index (χ1) is 13.4. The van der Waals surface area contributed by atoms with E-state index in [2.05, 4.69) is 6.92 Å². The number of rotatable bonds is 7. The summed E-state index contributed by atoms with van der Waals surface area (Å²) in [5.74, 6) is -0.212. The van der Waals surface area contributed by atoms with E-state index < -0.39 is 9.84 Å². The largest absolute Gasteiger partial charge is 0.484 e. The summed E-state index contributed by atoms with van der Waals surface area (Å²) in [5, 5.41) is 0. The number of benzene rings is 2. The molecule has 0 aliphatic carbocycles. The molecule has 0 bridgehead atoms. The van der Waals surface area contributed by atoms with Gasteiger partial charge in [0.05, 0.1) is 11.5 Å². The van der Waals surface area contributed by atoms with Crippen molar-refractivity contribution < 1.29 is 22.3 Å². The maximum Gasteiger partial charge on any atom is 0.261 e. The number of aryl methyl sites for hydroxylation is 1. The molecule has 1 aliphatic rings. The first-order valence-electron chi connectivity index (χ1n) is 9.32. The van der Waals surface area contributed by atoms with Gasteiger partial charge < -0.3 is 9.64 Å². The smallest absolute Gasteiger partial charge is 0.261 e. The molecule has 5 nitrogen and oxygen atoms in total. The van der Waals surface area contributed by atoms with Gasteiger partial charge in [0.15, 0.2) is 16.4 Å². The molecule has 2 aromatic rings. The number of halogens is 1. The van der Waals surface area contributed by atoms with Crippen LogP contribution in [0.3, 0.4) is 0 Å². The zero-order valence-corrected chi connectivity index (χ0v) is 16.6. The molecule has 0 N–H and O–H groups in total. The third-order valence-electron chi connectivity index (χ3n) is 4.93. The predicted octanol–water partition coefficient (Wildman–Crippen LogP) is 2.98. The summed E-state index contributed by atoms with van der Waals surface area (Å²) in [6.07, 6.45) is 1.35. The summed E-state index contributed by atoms with van der Waals surface area (Å²) in [6.45, 7) is 2.17. The van der Waals surface area contributed by atoms with Gasteiger partial charge in [0.25, 0.3) is 5.91 Å². The summed E-state index contributed by atoms with van der Waals surface area (Å²) < 4.78 is 42.3. The van der Waals surface area contributed by atoms with E-state index in [-0.39, 0.29) is 35.9 Å². The number of sulfone groups is 1. The van der Waals surface area contributed by atoms with Crippen LogP contribution in [0.25, 0.3) is 0 Å². The van der Waals surface area contributed by atoms with Gasteiger partial charge in [-0.15, -0.1) is 0 Å². The number of carbonyl (C=O) groups is 1. The Kier molecular flexibility index (Phi) is 6.34. The minimum atomic E-state index is -3.13. The highest BCUT2D eigenvalue weighted by molar-refractivity contribution is 7.91. The number of hydrogen-bond donors (Lipinski definition) is 0. The van der Waals surface area contributed by atoms with Gasteiger partial charge in [-0.05, 0) is 48.2 Å². The molecule has 1 heterocycles. The highest BCUT2D eigenvalue weighted by atomic mass is 32.2. The number of amides is 1. The number of nitrogens with zero attached hydrogens (tertiary/aromatic N) is 1. The first-order valence-corrected chi connectivity index (χ1v) is 11.1. The number of hydrogen-bond acceptors (Lipinski definition) is 4. The topological polar surface area (TPSA) is 63.7 Å². The van der Waals surface area contributed by atoms with E-state index in [9.17, 15) is 17.6 Å². The lowest BCUT2D eigenvalue weighted by molar-refractivity contribution is -0.136. The lowest BCUT2D eigenvalue weighted by atomic mass is 10.1. The Hall–Kier alpha value is -2.41. The van der Waals surface area contributed by atoms with Crippen LogP contribution in [-0.2, 0) is 27.6 Å². The summed E-state index contributed by atoms with van der Waals surface area (Å²) >= 11 is 0. The molecule has 28 heavy (non-hydrogen) atoms. The van der Waals surface area contributed by atoms with Gasteiger partial charge in [-0.25, -0.2) is 12.8 Å². The fourth-order valence-corrected chi connectivity index (χ4v) is 5.01. The average Bonchev–Trinajstić information content (AvgIpc) is 3.05. The fraction of sp³-hybridized carbons (Fsp3) is 0.381. The molecule has 150 valence electrons. The van der Waals surface area contributed by atoms with Crippen molar-refractivity contribution in [2.75, 3.05) is 18.1 Å². The Morgan fingerprint density at radius 3 is 2.32 bits per heavy atom. The molecule has 1 unspecified atom stereocenters. The first kappa shape index (κ1) is 20.3. The highest BCUT2D eigenvalue weighted by Crippen LogP contribution is 2.21. The lowest BCUT2D eigenvalue weighted by Crippen LogP contribution is -2.43. The normalized spacial score (nSPS) is 18.0. The Bertz CT molecular complexity index is 910. The van der Waals surface area contributed by atoms with Crippen LogP contribution in [0.1, 0.15) is 24.5 Å². The quantitative estimate of drug-likeness (QED) is 0.710. The van der Waals surface area contributed by atoms with Crippen molar-refractivity contribution >= 4 is 15.7 Å². The van der Waals surface area contributed by atoms with Crippen molar-refractivity contribution in [2.45, 2.75) is 32.4 Å². The second-order valence-electron chi connectivity index (χ2n) is 6.99. The van der Waals surface area contributed by atoms with Gasteiger partial charge >= 0.3 is 0 Å². The minimum absolute atomic E-state index is 0.0255. The predicted molar refractivity (Wildman–Crippen MR) is 105 cm³/mol. The zero-order valence-electron chi connectivity index (χ0n) is 15.8. The molecule has 1 fully saturated rings. The molecule has 0 saturated carbocycles. The molecule has 2 aromatic carbocycles. The summed E-state index contributed by atoms with van der Waals surface area (Å²) in [4.78, 5) is 14.4. The van der Waals surface area contributed by atoms with E-state index in [4.69, 9.17) is 4.74 Å². The molecule has 0 spiro atoms. The van der Waals surface area contributed by atoms with Crippen LogP contribution in [0.5, 0.6) is 5.75 Å². The molecule has 0 aromatic heterocycles. The monoisotopic (exact) mass is 405 g/mol. The van der Waals surface area contributed by atoms with Gasteiger partial charge in [0, 0.05) is 12.6 Å². The van der Waals surface area contributed by atoms with E-state index >= 15 is 0 Å². The molecule has 7 heteroatoms. The molecule has 1 aliphatic heterocycles. The standard InChI is InChI=1S/C21H24FNO4S/c1-2-16-3-5-17(6-4-16)13-23(19-11-12-28(25,26)15-19)21(24)14-27-20-9-7-18(22)8-10-20/h3-10,19H,2,11-15H2,1H3. The van der Waals surface area contributed by atoms with Crippen molar-refractivity contribution in [2.24, 2.45) is 0 Å². The fourth-order valence-electron chi connectivity index (χ4n) is 3.28. The number of ether oxygens (including phenoxy) is 1. The van der Waals surface area contributed by atoms with Crippen LogP contribution < -0.4 is 4.74 Å². The van der Waals surface area contributed by atoms with Crippen LogP contribution in [0.15, 0.2) is 48.5 Å². The van der Waals surface area contributed by atoms with E-state index in [1.54, 1.807) is 4.90 Å². The average molecular weight is 405 g/mol. The van der Waals surface area contributed by atoms with E-state index in [1.165, 1.54) is 29.8 Å². The van der Waals surface area contributed by atoms with E-state index in [0.717, 1.165) is 12.0 Å². The van der Waals surface area contributed by atoms with Crippen LogP contribution in [0.2, 0.25) is 0 Å². The van der Waals surface area contributed by atoms with Gasteiger partial charge in [-0.3, -0.25) is 4.79 Å². The van der Waals surface area contributed by atoms with Crippen LogP contribution in [0.4, 0.5) is 4.39 Å². The minimum Gasteiger partial charge on any atom is -0.484 e. The third-order valence-corrected chi connectivity index (χ3v) is 6.68. The second-order valence-corrected chi connectivity index (χ2v) is 9.22. The van der Waals surface area contributed by atoms with Gasteiger partial charge in [0.1, 0.15) is 11.6 Å². The Morgan fingerprint density at radius 2 is 1.75 bits per heavy atom. The molecule has 1 saturated heterocycles. The summed E-state index contributed by atoms with van der Waals surface area (Å²) in [6, 6.07) is 13.0. The molecule has 1 amide bonds. The SMILES string of the molecule is CCc1ccc(CN(C(=O)COc2ccc(F)cc2)C2CCS(=O)(=O)C2)cc1. The Labute approximate surface area is 165 Å². The lowest BCUT2D eigenvalue weighted by Gasteiger charge is -2.28. The number of carbonyl (C=O) groups excluding carboxylic acids is 1. The maximum absolute atomic E-state index is 13.0. The molecule has 1 atom stereocenters. The molecule has 0 radical (unpaired) electrons. The van der Waals surface area contributed by atoms with Crippen LogP contribution >= 0.6 is 0 Å². The van der Waals surface area contributed by atoms with E-state index in [1.807, 2.05) is 24.3 Å². The van der Waals surface area contributed by atoms with Crippen molar-refractivity contribution in [1.82, 2.24) is 4.90 Å². The summed E-state index contributed by atoms with van der Waals surface area (Å²) in [7, 11) is -3.13. The van der Waals surface area contributed by atoms with Crippen molar-refractivity contribution in [1.29, 1.82) is 0 Å². The van der Waals surface area contributed by atoms with Crippen LogP contribution in [0, 0.1) is 5.82 Å². The molecule has 3 rings (SSSR count). The van der Waals surface area contributed by atoms with Crippen molar-refractivity contribution in [3.05, 3.63) is 65.5 Å². The van der Waals surface area contributed by atoms with Crippen molar-refractivity contribution in [3.8, 4) is 5.75 Å². The van der Waals surface area contributed by atoms with Crippen LogP contribution in [-0.4, -0.2) is 43.4 Å². The highest BCUT2D eigenvalue weighted by Gasteiger charge is 2.34. The molecular weight excluding hydrogens is 381 g/mol. The van der Waals surface area contributed by atoms with E-state index in [0.29, 0.717) is 18.7 Å². The summed E-state index contributed by atoms with van der Waals surface area (Å²) in [5.41, 5.74) is 2.14. The zero-order chi connectivity index (χ0) is 20.1. The maximum atomic E-state index is 13.0. The third kappa shape index (κ3) is 5.32. The van der Waals surface area contributed by atoms with Gasteiger partial charge in [-0.1, -0.05) is 31.2 Å². The molecular formula is C21H24FNO4S. The Morgan fingerprint density at radius 1 is 1.11 bits per heavy atom. The Balaban J connectivity index is 1.72. The second kappa shape index (κ2) is 8.73. The van der Waals surface area contributed by atoms with Gasteiger partial charge in [-0.2, -0.15) is 0 Å². The van der Waals surface area contributed by atoms with Gasteiger partial charge in [0.2, 0.25) is 0 Å². The van der Waals surface area contributed by atoms with Crippen molar-refractivity contribution in [3.63, 3.8) is 0 Å².